The standard InChI is InChI=1S/C38H46N8O3/c1-42(2)37(49)29-9-5-28(6-10-29)25-44-21-22-45-33(13-14-34(45)38(44)17-4-18-38)36(48)39-23-27-7-11-31(12-8-27)41-35(47)30-24-40-46(26-30)32-15-19-43(3)20-16-32/h5-14,24,26,32H,4,15-23,25H2,1-3H3,(H,39,48)(H,41,47). The summed E-state index contributed by atoms with van der Waals surface area (Å²) in [6.45, 7) is 4.86. The van der Waals surface area contributed by atoms with Gasteiger partial charge in [-0.1, -0.05) is 24.3 Å². The van der Waals surface area contributed by atoms with Gasteiger partial charge in [0.15, 0.2) is 0 Å². The number of likely N-dealkylation sites (tertiary alicyclic amines) is 1. The normalized spacial score (nSPS) is 17.7. The van der Waals surface area contributed by atoms with Gasteiger partial charge in [-0.25, -0.2) is 0 Å². The zero-order chi connectivity index (χ0) is 34.1. The van der Waals surface area contributed by atoms with Crippen molar-refractivity contribution in [3.63, 3.8) is 0 Å². The van der Waals surface area contributed by atoms with Crippen LogP contribution in [0.3, 0.4) is 0 Å². The first-order chi connectivity index (χ1) is 23.7. The van der Waals surface area contributed by atoms with Crippen molar-refractivity contribution < 1.29 is 14.4 Å². The van der Waals surface area contributed by atoms with E-state index in [0.29, 0.717) is 35.1 Å². The summed E-state index contributed by atoms with van der Waals surface area (Å²) in [4.78, 5) is 45.1. The number of benzene rings is 2. The smallest absolute Gasteiger partial charge is 0.268 e. The lowest BCUT2D eigenvalue weighted by Gasteiger charge is -2.53. The highest BCUT2D eigenvalue weighted by Gasteiger charge is 2.48. The molecule has 0 atom stereocenters. The highest BCUT2D eigenvalue weighted by atomic mass is 16.2. The Kier molecular flexibility index (Phi) is 9.13. The molecular weight excluding hydrogens is 616 g/mol. The topological polar surface area (TPSA) is 108 Å². The summed E-state index contributed by atoms with van der Waals surface area (Å²) in [5, 5.41) is 10.5. The summed E-state index contributed by atoms with van der Waals surface area (Å²) in [7, 11) is 5.66. The van der Waals surface area contributed by atoms with Gasteiger partial charge in [-0.15, -0.1) is 0 Å². The Morgan fingerprint density at radius 1 is 0.857 bits per heavy atom. The summed E-state index contributed by atoms with van der Waals surface area (Å²) in [6.07, 6.45) is 8.84. The second-order valence-corrected chi connectivity index (χ2v) is 14.0. The summed E-state index contributed by atoms with van der Waals surface area (Å²) in [5.41, 5.74) is 5.91. The zero-order valence-electron chi connectivity index (χ0n) is 28.7. The van der Waals surface area contributed by atoms with E-state index in [0.717, 1.165) is 70.4 Å². The van der Waals surface area contributed by atoms with Crippen molar-refractivity contribution in [3.8, 4) is 0 Å². The van der Waals surface area contributed by atoms with Gasteiger partial charge in [0.2, 0.25) is 0 Å². The van der Waals surface area contributed by atoms with E-state index in [1.54, 1.807) is 25.2 Å². The number of hydrogen-bond acceptors (Lipinski definition) is 6. The number of nitrogens with zero attached hydrogens (tertiary/aromatic N) is 6. The van der Waals surface area contributed by atoms with Crippen LogP contribution < -0.4 is 10.6 Å². The number of aromatic nitrogens is 3. The van der Waals surface area contributed by atoms with E-state index in [2.05, 4.69) is 55.3 Å². The Hall–Kier alpha value is -4.74. The molecule has 11 nitrogen and oxygen atoms in total. The Bertz CT molecular complexity index is 1810. The predicted molar refractivity (Wildman–Crippen MR) is 188 cm³/mol. The summed E-state index contributed by atoms with van der Waals surface area (Å²) in [6, 6.07) is 19.9. The molecular formula is C38H46N8O3. The minimum absolute atomic E-state index is 0.00679. The molecule has 3 amide bonds. The molecule has 1 saturated heterocycles. The third-order valence-electron chi connectivity index (χ3n) is 10.6. The molecule has 4 heterocycles. The van der Waals surface area contributed by atoms with Crippen LogP contribution in [0.4, 0.5) is 5.69 Å². The van der Waals surface area contributed by atoms with Crippen LogP contribution in [0.1, 0.15) is 86.2 Å². The van der Waals surface area contributed by atoms with Crippen LogP contribution in [-0.2, 0) is 25.2 Å². The first-order valence-electron chi connectivity index (χ1n) is 17.4. The number of carbonyl (C=O) groups is 3. The molecule has 3 aliphatic rings. The number of hydrogen-bond donors (Lipinski definition) is 2. The highest BCUT2D eigenvalue weighted by Crippen LogP contribution is 2.49. The number of amides is 3. The Labute approximate surface area is 287 Å². The Morgan fingerprint density at radius 3 is 2.24 bits per heavy atom. The van der Waals surface area contributed by atoms with Crippen molar-refractivity contribution in [2.45, 2.75) is 63.3 Å². The van der Waals surface area contributed by atoms with Crippen LogP contribution in [0.15, 0.2) is 73.1 Å². The van der Waals surface area contributed by atoms with E-state index in [1.165, 1.54) is 11.3 Å². The van der Waals surface area contributed by atoms with E-state index in [1.807, 2.05) is 53.3 Å². The van der Waals surface area contributed by atoms with E-state index in [-0.39, 0.29) is 23.3 Å². The SMILES string of the molecule is CN1CCC(n2cc(C(=O)Nc3ccc(CNC(=O)c4ccc5n4CCN(Cc4ccc(C(=O)N(C)C)cc4)C54CCC4)cc3)cn2)CC1. The third-order valence-corrected chi connectivity index (χ3v) is 10.6. The van der Waals surface area contributed by atoms with Crippen molar-refractivity contribution >= 4 is 23.4 Å². The molecule has 4 aromatic rings. The van der Waals surface area contributed by atoms with Gasteiger partial charge in [-0.05, 0) is 99.8 Å². The molecule has 2 fully saturated rings. The van der Waals surface area contributed by atoms with E-state index < -0.39 is 0 Å². The fraction of sp³-hybridized carbons (Fsp3) is 0.421. The molecule has 11 heteroatoms. The molecule has 1 aliphatic carbocycles. The second kappa shape index (κ2) is 13.6. The van der Waals surface area contributed by atoms with Gasteiger partial charge < -0.3 is 25.0 Å². The lowest BCUT2D eigenvalue weighted by molar-refractivity contribution is -0.0217. The van der Waals surface area contributed by atoms with Crippen LogP contribution in [-0.4, -0.2) is 87.5 Å². The number of piperidine rings is 1. The average molecular weight is 663 g/mol. The quantitative estimate of drug-likeness (QED) is 0.269. The minimum Gasteiger partial charge on any atom is -0.347 e. The largest absolute Gasteiger partial charge is 0.347 e. The molecule has 256 valence electrons. The van der Waals surface area contributed by atoms with Crippen LogP contribution >= 0.6 is 0 Å². The second-order valence-electron chi connectivity index (χ2n) is 14.0. The maximum Gasteiger partial charge on any atom is 0.268 e. The molecule has 2 aliphatic heterocycles. The molecule has 49 heavy (non-hydrogen) atoms. The van der Waals surface area contributed by atoms with Gasteiger partial charge in [0.25, 0.3) is 17.7 Å². The Balaban J connectivity index is 0.941. The molecule has 2 aromatic carbocycles. The van der Waals surface area contributed by atoms with Gasteiger partial charge >= 0.3 is 0 Å². The van der Waals surface area contributed by atoms with Crippen LogP contribution in [0.25, 0.3) is 0 Å². The van der Waals surface area contributed by atoms with Crippen LogP contribution in [0.5, 0.6) is 0 Å². The first kappa shape index (κ1) is 32.8. The van der Waals surface area contributed by atoms with Crippen molar-refractivity contribution in [2.24, 2.45) is 0 Å². The van der Waals surface area contributed by atoms with Gasteiger partial charge in [0.1, 0.15) is 5.69 Å². The highest BCUT2D eigenvalue weighted by molar-refractivity contribution is 6.04. The van der Waals surface area contributed by atoms with Crippen molar-refractivity contribution in [1.29, 1.82) is 0 Å². The fourth-order valence-electron chi connectivity index (χ4n) is 7.55. The third kappa shape index (κ3) is 6.65. The van der Waals surface area contributed by atoms with E-state index in [4.69, 9.17) is 0 Å². The van der Waals surface area contributed by atoms with Crippen molar-refractivity contribution in [3.05, 3.63) is 107 Å². The fourth-order valence-corrected chi connectivity index (χ4v) is 7.55. The lowest BCUT2D eigenvalue weighted by Crippen LogP contribution is -2.56. The average Bonchev–Trinajstić information content (AvgIpc) is 3.76. The molecule has 0 radical (unpaired) electrons. The van der Waals surface area contributed by atoms with E-state index in [9.17, 15) is 14.4 Å². The first-order valence-corrected chi connectivity index (χ1v) is 17.4. The summed E-state index contributed by atoms with van der Waals surface area (Å²) >= 11 is 0. The molecule has 0 bridgehead atoms. The lowest BCUT2D eigenvalue weighted by atomic mass is 9.71. The number of fused-ring (bicyclic) bond motifs is 2. The molecule has 2 N–H and O–H groups in total. The number of anilines is 1. The minimum atomic E-state index is -0.185. The van der Waals surface area contributed by atoms with Crippen molar-refractivity contribution in [1.82, 2.24) is 34.4 Å². The van der Waals surface area contributed by atoms with Gasteiger partial charge in [0.05, 0.1) is 23.3 Å². The summed E-state index contributed by atoms with van der Waals surface area (Å²) < 4.78 is 4.13. The monoisotopic (exact) mass is 662 g/mol. The maximum atomic E-state index is 13.4. The Morgan fingerprint density at radius 2 is 1.57 bits per heavy atom. The van der Waals surface area contributed by atoms with Crippen LogP contribution in [0.2, 0.25) is 0 Å². The number of nitrogens with one attached hydrogen (secondary N) is 2. The van der Waals surface area contributed by atoms with Gasteiger partial charge in [-0.3, -0.25) is 24.0 Å². The number of carbonyl (C=O) groups excluding carboxylic acids is 3. The molecule has 1 spiro atoms. The van der Waals surface area contributed by atoms with Crippen LogP contribution in [0, 0.1) is 0 Å². The molecule has 2 aromatic heterocycles. The zero-order valence-corrected chi connectivity index (χ0v) is 28.7. The predicted octanol–water partition coefficient (Wildman–Crippen LogP) is 4.73. The van der Waals surface area contributed by atoms with Crippen molar-refractivity contribution in [2.75, 3.05) is 46.1 Å². The molecule has 0 unspecified atom stereocenters. The van der Waals surface area contributed by atoms with Gasteiger partial charge in [0, 0.05) is 63.4 Å². The van der Waals surface area contributed by atoms with E-state index >= 15 is 0 Å². The summed E-state index contributed by atoms with van der Waals surface area (Å²) in [5.74, 6) is -0.267. The maximum absolute atomic E-state index is 13.4. The molecule has 1 saturated carbocycles. The molecule has 7 rings (SSSR count). The van der Waals surface area contributed by atoms with Gasteiger partial charge in [-0.2, -0.15) is 5.10 Å². The number of rotatable bonds is 9.